The number of hydrogen-bond acceptors (Lipinski definition) is 3. The summed E-state index contributed by atoms with van der Waals surface area (Å²) in [6.07, 6.45) is 1.86. The van der Waals surface area contributed by atoms with Gasteiger partial charge in [-0.15, -0.1) is 0 Å². The van der Waals surface area contributed by atoms with Crippen molar-refractivity contribution in [2.45, 2.75) is 38.3 Å². The Balaban J connectivity index is 1.92. The minimum Gasteiger partial charge on any atom is -0.387 e. The summed E-state index contributed by atoms with van der Waals surface area (Å²) in [5, 5.41) is 9.94. The molecule has 1 saturated heterocycles. The van der Waals surface area contributed by atoms with Crippen molar-refractivity contribution < 1.29 is 13.5 Å². The van der Waals surface area contributed by atoms with Gasteiger partial charge in [0.25, 0.3) is 10.2 Å². The van der Waals surface area contributed by atoms with Gasteiger partial charge in [-0.25, -0.2) is 0 Å². The Morgan fingerprint density at radius 2 is 1.93 bits per heavy atom. The van der Waals surface area contributed by atoms with Gasteiger partial charge in [-0.3, -0.25) is 0 Å². The standard InChI is InChI=1S/C9H18N2O3S/c1-7(2)9(12)5-11(6-9)15(13,14)10-8-3-4-8/h7-8,10,12H,3-6H2,1-2H3. The first-order valence-corrected chi connectivity index (χ1v) is 6.77. The summed E-state index contributed by atoms with van der Waals surface area (Å²) in [4.78, 5) is 0. The maximum absolute atomic E-state index is 11.7. The van der Waals surface area contributed by atoms with Crippen LogP contribution in [0.25, 0.3) is 0 Å². The first kappa shape index (κ1) is 11.3. The fourth-order valence-corrected chi connectivity index (χ4v) is 3.18. The lowest BCUT2D eigenvalue weighted by atomic mass is 9.85. The van der Waals surface area contributed by atoms with E-state index in [1.165, 1.54) is 4.31 Å². The Kier molecular flexibility index (Phi) is 2.57. The molecule has 15 heavy (non-hydrogen) atoms. The first-order valence-electron chi connectivity index (χ1n) is 5.33. The summed E-state index contributed by atoms with van der Waals surface area (Å²) in [5.74, 6) is 0.0878. The molecule has 6 heteroatoms. The van der Waals surface area contributed by atoms with E-state index in [0.717, 1.165) is 12.8 Å². The van der Waals surface area contributed by atoms with E-state index < -0.39 is 15.8 Å². The Hall–Kier alpha value is -0.170. The summed E-state index contributed by atoms with van der Waals surface area (Å²) < 4.78 is 27.3. The van der Waals surface area contributed by atoms with Crippen LogP contribution in [0.3, 0.4) is 0 Å². The molecule has 0 spiro atoms. The van der Waals surface area contributed by atoms with E-state index in [-0.39, 0.29) is 25.0 Å². The van der Waals surface area contributed by atoms with E-state index in [1.807, 2.05) is 13.8 Å². The van der Waals surface area contributed by atoms with Crippen LogP contribution in [0.15, 0.2) is 0 Å². The van der Waals surface area contributed by atoms with Crippen molar-refractivity contribution in [1.82, 2.24) is 9.03 Å². The molecule has 0 aromatic heterocycles. The molecular weight excluding hydrogens is 216 g/mol. The predicted octanol–water partition coefficient (Wildman–Crippen LogP) is -0.314. The minimum absolute atomic E-state index is 0.0878. The van der Waals surface area contributed by atoms with Crippen molar-refractivity contribution in [3.05, 3.63) is 0 Å². The van der Waals surface area contributed by atoms with Gasteiger partial charge in [0, 0.05) is 19.1 Å². The molecule has 0 bridgehead atoms. The highest BCUT2D eigenvalue weighted by atomic mass is 32.2. The van der Waals surface area contributed by atoms with E-state index in [2.05, 4.69) is 4.72 Å². The van der Waals surface area contributed by atoms with Gasteiger partial charge < -0.3 is 5.11 Å². The fraction of sp³-hybridized carbons (Fsp3) is 1.00. The molecule has 0 radical (unpaired) electrons. The molecule has 0 amide bonds. The summed E-state index contributed by atoms with van der Waals surface area (Å²) in [6.45, 7) is 4.23. The second-order valence-electron chi connectivity index (χ2n) is 4.92. The largest absolute Gasteiger partial charge is 0.387 e. The Morgan fingerprint density at radius 1 is 1.40 bits per heavy atom. The van der Waals surface area contributed by atoms with Crippen molar-refractivity contribution in [2.75, 3.05) is 13.1 Å². The van der Waals surface area contributed by atoms with Crippen LogP contribution in [0, 0.1) is 5.92 Å². The molecule has 5 nitrogen and oxygen atoms in total. The van der Waals surface area contributed by atoms with Gasteiger partial charge in [-0.2, -0.15) is 17.4 Å². The average Bonchev–Trinajstić information content (AvgIpc) is 2.80. The lowest BCUT2D eigenvalue weighted by molar-refractivity contribution is -0.0936. The number of hydrogen-bond donors (Lipinski definition) is 2. The zero-order valence-corrected chi connectivity index (χ0v) is 9.92. The lowest BCUT2D eigenvalue weighted by Gasteiger charge is -2.47. The number of nitrogens with one attached hydrogen (secondary N) is 1. The molecular formula is C9H18N2O3S. The second kappa shape index (κ2) is 3.41. The number of rotatable bonds is 4. The van der Waals surface area contributed by atoms with Gasteiger partial charge in [0.2, 0.25) is 0 Å². The highest BCUT2D eigenvalue weighted by molar-refractivity contribution is 7.87. The highest BCUT2D eigenvalue weighted by Gasteiger charge is 2.49. The topological polar surface area (TPSA) is 69.6 Å². The van der Waals surface area contributed by atoms with Gasteiger partial charge in [0.05, 0.1) is 5.60 Å². The molecule has 1 aliphatic carbocycles. The van der Waals surface area contributed by atoms with Crippen LogP contribution < -0.4 is 4.72 Å². The van der Waals surface area contributed by atoms with Crippen molar-refractivity contribution in [2.24, 2.45) is 5.92 Å². The van der Waals surface area contributed by atoms with E-state index in [1.54, 1.807) is 0 Å². The van der Waals surface area contributed by atoms with Crippen molar-refractivity contribution in [3.63, 3.8) is 0 Å². The zero-order valence-electron chi connectivity index (χ0n) is 9.10. The molecule has 1 saturated carbocycles. The molecule has 2 aliphatic rings. The van der Waals surface area contributed by atoms with E-state index in [4.69, 9.17) is 0 Å². The Labute approximate surface area is 90.6 Å². The van der Waals surface area contributed by atoms with Crippen LogP contribution >= 0.6 is 0 Å². The summed E-state index contributed by atoms with van der Waals surface area (Å²) >= 11 is 0. The second-order valence-corrected chi connectivity index (χ2v) is 6.63. The van der Waals surface area contributed by atoms with Gasteiger partial charge in [-0.1, -0.05) is 13.8 Å². The molecule has 1 heterocycles. The minimum atomic E-state index is -3.34. The Bertz CT molecular complexity index is 342. The zero-order chi connectivity index (χ0) is 11.3. The van der Waals surface area contributed by atoms with Crippen LogP contribution in [-0.2, 0) is 10.2 Å². The third-order valence-corrected chi connectivity index (χ3v) is 4.78. The molecule has 0 aromatic carbocycles. The third-order valence-electron chi connectivity index (χ3n) is 3.21. The van der Waals surface area contributed by atoms with Gasteiger partial charge >= 0.3 is 0 Å². The summed E-state index contributed by atoms with van der Waals surface area (Å²) in [6, 6.07) is 0.128. The third kappa shape index (κ3) is 2.18. The molecule has 0 atom stereocenters. The Morgan fingerprint density at radius 3 is 2.33 bits per heavy atom. The van der Waals surface area contributed by atoms with Gasteiger partial charge in [0.15, 0.2) is 0 Å². The number of nitrogens with zero attached hydrogens (tertiary/aromatic N) is 1. The van der Waals surface area contributed by atoms with Crippen LogP contribution in [0.4, 0.5) is 0 Å². The maximum atomic E-state index is 11.7. The van der Waals surface area contributed by atoms with Crippen LogP contribution in [0.5, 0.6) is 0 Å². The maximum Gasteiger partial charge on any atom is 0.279 e. The summed E-state index contributed by atoms with van der Waals surface area (Å²) in [5.41, 5.74) is -0.835. The molecule has 1 aliphatic heterocycles. The van der Waals surface area contributed by atoms with Crippen LogP contribution in [0.2, 0.25) is 0 Å². The van der Waals surface area contributed by atoms with E-state index >= 15 is 0 Å². The number of aliphatic hydroxyl groups is 1. The van der Waals surface area contributed by atoms with E-state index in [0.29, 0.717) is 0 Å². The summed E-state index contributed by atoms with van der Waals surface area (Å²) in [7, 11) is -3.34. The van der Waals surface area contributed by atoms with Crippen molar-refractivity contribution in [3.8, 4) is 0 Å². The van der Waals surface area contributed by atoms with Crippen LogP contribution in [0.1, 0.15) is 26.7 Å². The molecule has 88 valence electrons. The lowest BCUT2D eigenvalue weighted by Crippen LogP contribution is -2.67. The fourth-order valence-electron chi connectivity index (χ4n) is 1.59. The van der Waals surface area contributed by atoms with E-state index in [9.17, 15) is 13.5 Å². The van der Waals surface area contributed by atoms with Gasteiger partial charge in [0.1, 0.15) is 0 Å². The quantitative estimate of drug-likeness (QED) is 0.701. The average molecular weight is 234 g/mol. The molecule has 2 N–H and O–H groups in total. The molecule has 2 rings (SSSR count). The van der Waals surface area contributed by atoms with Crippen molar-refractivity contribution >= 4 is 10.2 Å². The normalized spacial score (nSPS) is 26.7. The predicted molar refractivity (Wildman–Crippen MR) is 56.4 cm³/mol. The molecule has 0 unspecified atom stereocenters. The highest BCUT2D eigenvalue weighted by Crippen LogP contribution is 2.31. The smallest absolute Gasteiger partial charge is 0.279 e. The molecule has 2 fully saturated rings. The van der Waals surface area contributed by atoms with Crippen LogP contribution in [-0.4, -0.2) is 42.6 Å². The first-order chi connectivity index (χ1) is 6.83. The monoisotopic (exact) mass is 234 g/mol. The van der Waals surface area contributed by atoms with Gasteiger partial charge in [-0.05, 0) is 18.8 Å². The molecule has 0 aromatic rings. The number of β-amino-alcohol motifs (C(OH)–C–C–N with tert-alkyl or cyclic N) is 1. The SMILES string of the molecule is CC(C)C1(O)CN(S(=O)(=O)NC2CC2)C1. The van der Waals surface area contributed by atoms with Crippen molar-refractivity contribution in [1.29, 1.82) is 0 Å².